The number of ether oxygens (including phenoxy) is 1. The molecule has 162 valence electrons. The number of thiophene rings is 1. The van der Waals surface area contributed by atoms with Crippen molar-refractivity contribution < 1.29 is 14.3 Å². The van der Waals surface area contributed by atoms with E-state index in [1.165, 1.54) is 11.3 Å². The molecular formula is C23H29BrN2O3S. The van der Waals surface area contributed by atoms with E-state index in [9.17, 15) is 9.59 Å². The number of fused-ring (bicyclic) bond motifs is 1. The molecule has 0 bridgehead atoms. The fourth-order valence-corrected chi connectivity index (χ4v) is 5.36. The second-order valence-electron chi connectivity index (χ2n) is 9.40. The molecule has 2 amide bonds. The maximum atomic E-state index is 13.0. The van der Waals surface area contributed by atoms with Gasteiger partial charge < -0.3 is 15.8 Å². The number of nitrogens with one attached hydrogen (secondary N) is 1. The van der Waals surface area contributed by atoms with Crippen molar-refractivity contribution >= 4 is 44.1 Å². The third-order valence-electron chi connectivity index (χ3n) is 5.70. The zero-order chi connectivity index (χ0) is 22.3. The van der Waals surface area contributed by atoms with Crippen LogP contribution in [0.3, 0.4) is 0 Å². The van der Waals surface area contributed by atoms with E-state index in [0.717, 1.165) is 34.2 Å². The topological polar surface area (TPSA) is 81.4 Å². The fraction of sp³-hybridized carbons (Fsp3) is 0.478. The van der Waals surface area contributed by atoms with Crippen LogP contribution in [-0.2, 0) is 17.6 Å². The Labute approximate surface area is 190 Å². The van der Waals surface area contributed by atoms with Crippen LogP contribution in [0.4, 0.5) is 5.00 Å². The first-order valence-corrected chi connectivity index (χ1v) is 11.7. The van der Waals surface area contributed by atoms with Gasteiger partial charge in [-0.1, -0.05) is 36.7 Å². The number of carbonyl (C=O) groups excluding carboxylic acids is 2. The molecule has 30 heavy (non-hydrogen) atoms. The number of halogens is 1. The van der Waals surface area contributed by atoms with E-state index in [4.69, 9.17) is 10.5 Å². The summed E-state index contributed by atoms with van der Waals surface area (Å²) < 4.78 is 6.84. The van der Waals surface area contributed by atoms with Crippen molar-refractivity contribution in [2.45, 2.75) is 59.5 Å². The van der Waals surface area contributed by atoms with Gasteiger partial charge in [0.25, 0.3) is 11.8 Å². The van der Waals surface area contributed by atoms with Crippen LogP contribution in [0.5, 0.6) is 5.75 Å². The third-order valence-corrected chi connectivity index (χ3v) is 7.40. The Balaban J connectivity index is 1.83. The first kappa shape index (κ1) is 22.8. The van der Waals surface area contributed by atoms with Gasteiger partial charge in [-0.2, -0.15) is 0 Å². The number of hydrogen-bond acceptors (Lipinski definition) is 4. The summed E-state index contributed by atoms with van der Waals surface area (Å²) in [6.45, 7) is 10.1. The van der Waals surface area contributed by atoms with E-state index in [1.807, 2.05) is 12.1 Å². The van der Waals surface area contributed by atoms with E-state index >= 15 is 0 Å². The predicted molar refractivity (Wildman–Crippen MR) is 125 cm³/mol. The third kappa shape index (κ3) is 4.89. The highest BCUT2D eigenvalue weighted by atomic mass is 79.9. The standard InChI is InChI=1S/C23H29BrN2O3S/c1-22(2,3)13-6-11-16-17(12-13)30-20(18(16)19(25)27)26-21(28)23(4,5)29-15-9-7-14(24)8-10-15/h7-10,13H,6,11-12H2,1-5H3,(H2,25,27)(H,26,28)/t13-/m1/s1. The monoisotopic (exact) mass is 492 g/mol. The number of carbonyl (C=O) groups is 2. The van der Waals surface area contributed by atoms with Crippen LogP contribution >= 0.6 is 27.3 Å². The summed E-state index contributed by atoms with van der Waals surface area (Å²) in [5, 5.41) is 3.45. The molecule has 1 atom stereocenters. The van der Waals surface area contributed by atoms with Gasteiger partial charge >= 0.3 is 0 Å². The molecule has 2 aromatic rings. The zero-order valence-electron chi connectivity index (χ0n) is 18.1. The summed E-state index contributed by atoms with van der Waals surface area (Å²) in [5.41, 5.74) is 6.23. The molecule has 0 aliphatic heterocycles. The largest absolute Gasteiger partial charge is 0.478 e. The van der Waals surface area contributed by atoms with Gasteiger partial charge in [-0.15, -0.1) is 11.3 Å². The highest BCUT2D eigenvalue weighted by molar-refractivity contribution is 9.10. The number of amides is 2. The molecule has 0 saturated carbocycles. The summed E-state index contributed by atoms with van der Waals surface area (Å²) in [4.78, 5) is 26.4. The van der Waals surface area contributed by atoms with Gasteiger partial charge in [0.2, 0.25) is 0 Å². The highest BCUT2D eigenvalue weighted by Crippen LogP contribution is 2.44. The molecule has 1 aromatic carbocycles. The van der Waals surface area contributed by atoms with Crippen molar-refractivity contribution in [3.63, 3.8) is 0 Å². The molecule has 0 unspecified atom stereocenters. The Hall–Kier alpha value is -1.86. The Bertz CT molecular complexity index is 958. The second kappa shape index (κ2) is 8.35. The van der Waals surface area contributed by atoms with Crippen LogP contribution in [-0.4, -0.2) is 17.4 Å². The van der Waals surface area contributed by atoms with Crippen LogP contribution in [0, 0.1) is 11.3 Å². The summed E-state index contributed by atoms with van der Waals surface area (Å²) in [6.07, 6.45) is 2.72. The van der Waals surface area contributed by atoms with Gasteiger partial charge in [0.1, 0.15) is 10.8 Å². The van der Waals surface area contributed by atoms with E-state index in [0.29, 0.717) is 22.2 Å². The fourth-order valence-electron chi connectivity index (χ4n) is 3.77. The Kier molecular flexibility index (Phi) is 6.35. The highest BCUT2D eigenvalue weighted by Gasteiger charge is 2.36. The van der Waals surface area contributed by atoms with Crippen molar-refractivity contribution in [2.75, 3.05) is 5.32 Å². The van der Waals surface area contributed by atoms with Crippen LogP contribution in [0.15, 0.2) is 28.7 Å². The van der Waals surface area contributed by atoms with Gasteiger partial charge in [0, 0.05) is 9.35 Å². The van der Waals surface area contributed by atoms with Gasteiger partial charge in [-0.05, 0) is 74.3 Å². The molecule has 1 aliphatic rings. The van der Waals surface area contributed by atoms with Crippen molar-refractivity contribution in [3.05, 3.63) is 44.7 Å². The van der Waals surface area contributed by atoms with E-state index in [1.54, 1.807) is 26.0 Å². The molecule has 3 rings (SSSR count). The number of nitrogens with two attached hydrogens (primary N) is 1. The Morgan fingerprint density at radius 3 is 2.37 bits per heavy atom. The smallest absolute Gasteiger partial charge is 0.268 e. The maximum Gasteiger partial charge on any atom is 0.268 e. The summed E-state index contributed by atoms with van der Waals surface area (Å²) in [5.74, 6) is 0.305. The average molecular weight is 493 g/mol. The molecule has 1 heterocycles. The number of primary amides is 1. The first-order valence-electron chi connectivity index (χ1n) is 10.1. The lowest BCUT2D eigenvalue weighted by atomic mass is 9.72. The van der Waals surface area contributed by atoms with Crippen molar-refractivity contribution in [1.29, 1.82) is 0 Å². The van der Waals surface area contributed by atoms with Gasteiger partial charge in [0.05, 0.1) is 5.56 Å². The average Bonchev–Trinajstić information content (AvgIpc) is 2.99. The minimum Gasteiger partial charge on any atom is -0.478 e. The first-order chi connectivity index (χ1) is 13.9. The number of anilines is 1. The van der Waals surface area contributed by atoms with Crippen LogP contribution in [0.25, 0.3) is 0 Å². The zero-order valence-corrected chi connectivity index (χ0v) is 20.5. The molecule has 1 aliphatic carbocycles. The lowest BCUT2D eigenvalue weighted by molar-refractivity contribution is -0.128. The molecule has 1 aromatic heterocycles. The minimum absolute atomic E-state index is 0.193. The van der Waals surface area contributed by atoms with Gasteiger partial charge in [0.15, 0.2) is 5.60 Å². The lowest BCUT2D eigenvalue weighted by Gasteiger charge is -2.33. The quantitative estimate of drug-likeness (QED) is 0.573. The minimum atomic E-state index is -1.12. The van der Waals surface area contributed by atoms with E-state index in [2.05, 4.69) is 42.0 Å². The number of benzene rings is 1. The molecule has 0 fully saturated rings. The second-order valence-corrected chi connectivity index (χ2v) is 11.4. The summed E-state index contributed by atoms with van der Waals surface area (Å²) in [7, 11) is 0. The molecule has 3 N–H and O–H groups in total. The van der Waals surface area contributed by atoms with Crippen molar-refractivity contribution in [1.82, 2.24) is 0 Å². The van der Waals surface area contributed by atoms with Gasteiger partial charge in [-0.25, -0.2) is 0 Å². The van der Waals surface area contributed by atoms with Crippen molar-refractivity contribution in [2.24, 2.45) is 17.1 Å². The SMILES string of the molecule is CC(C)(Oc1ccc(Br)cc1)C(=O)Nc1sc2c(c1C(N)=O)CC[C@@H](C(C)(C)C)C2. The van der Waals surface area contributed by atoms with Gasteiger partial charge in [-0.3, -0.25) is 9.59 Å². The van der Waals surface area contributed by atoms with Crippen LogP contribution in [0.1, 0.15) is 61.8 Å². The molecular weight excluding hydrogens is 464 g/mol. The summed E-state index contributed by atoms with van der Waals surface area (Å²) in [6, 6.07) is 7.30. The lowest BCUT2D eigenvalue weighted by Crippen LogP contribution is -2.42. The number of hydrogen-bond donors (Lipinski definition) is 2. The summed E-state index contributed by atoms with van der Waals surface area (Å²) >= 11 is 4.85. The van der Waals surface area contributed by atoms with Crippen LogP contribution in [0.2, 0.25) is 0 Å². The van der Waals surface area contributed by atoms with E-state index in [-0.39, 0.29) is 11.3 Å². The molecule has 7 heteroatoms. The Morgan fingerprint density at radius 2 is 1.80 bits per heavy atom. The van der Waals surface area contributed by atoms with Crippen LogP contribution < -0.4 is 15.8 Å². The van der Waals surface area contributed by atoms with E-state index < -0.39 is 11.5 Å². The molecule has 0 spiro atoms. The van der Waals surface area contributed by atoms with Crippen molar-refractivity contribution in [3.8, 4) is 5.75 Å². The molecule has 0 radical (unpaired) electrons. The predicted octanol–water partition coefficient (Wildman–Crippen LogP) is 5.56. The number of rotatable bonds is 5. The Morgan fingerprint density at radius 1 is 1.17 bits per heavy atom. The molecule has 5 nitrogen and oxygen atoms in total. The molecule has 0 saturated heterocycles. The maximum absolute atomic E-state index is 13.0. The normalized spacial score (nSPS) is 16.7.